The monoisotopic (exact) mass is 773 g/mol. The SMILES string of the molecule is O=C(CC(c1ccccc1)c1cc(OCCCCCCCCCNC[C@H](O)c2ccc(O)c3[nH]c(=O)ccc23)ccc1Br)O[C@H]1CN2CCC1CC2. The van der Waals surface area contributed by atoms with Gasteiger partial charge >= 0.3 is 5.97 Å². The van der Waals surface area contributed by atoms with E-state index in [1.807, 2.05) is 30.3 Å². The zero-order valence-corrected chi connectivity index (χ0v) is 31.5. The van der Waals surface area contributed by atoms with Crippen LogP contribution in [0.5, 0.6) is 11.5 Å². The Morgan fingerprint density at radius 3 is 2.42 bits per heavy atom. The molecule has 2 bridgehead atoms. The maximum atomic E-state index is 13.3. The number of phenolic OH excluding ortho intramolecular Hbond substituents is 1. The number of nitrogens with one attached hydrogen (secondary N) is 2. The molecule has 0 amide bonds. The number of phenols is 1. The zero-order chi connectivity index (χ0) is 36.3. The standard InChI is InChI=1S/C42H52BrN3O6/c43-36-16-13-31(25-35(36)34(29-11-7-6-8-12-29)26-41(50)52-39-28-46-22-19-30(39)20-23-46)51-24-10-5-3-1-2-4-9-21-44-27-38(48)32-14-17-37(47)42-33(32)15-18-40(49)45-42/h6-8,11-18,25,30,34,38-39,44,47-48H,1-5,9-10,19-24,26-28H2,(H,45,49)/t34?,38-,39-/m0/s1. The summed E-state index contributed by atoms with van der Waals surface area (Å²) in [6, 6.07) is 22.5. The van der Waals surface area contributed by atoms with E-state index in [1.54, 1.807) is 12.1 Å². The van der Waals surface area contributed by atoms with Crippen molar-refractivity contribution in [3.63, 3.8) is 0 Å². The molecule has 4 aromatic rings. The molecule has 52 heavy (non-hydrogen) atoms. The molecule has 1 unspecified atom stereocenters. The molecule has 3 aliphatic rings. The van der Waals surface area contributed by atoms with Crippen molar-refractivity contribution in [2.24, 2.45) is 5.92 Å². The van der Waals surface area contributed by atoms with Crippen molar-refractivity contribution < 1.29 is 24.5 Å². The van der Waals surface area contributed by atoms with Gasteiger partial charge in [-0.1, -0.05) is 84.4 Å². The maximum Gasteiger partial charge on any atom is 0.307 e. The summed E-state index contributed by atoms with van der Waals surface area (Å²) in [5.74, 6) is 1.02. The molecular formula is C42H52BrN3O6. The largest absolute Gasteiger partial charge is 0.506 e. The molecule has 3 saturated heterocycles. The van der Waals surface area contributed by atoms with Crippen LogP contribution in [0.1, 0.15) is 92.9 Å². The molecule has 7 rings (SSSR count). The molecular weight excluding hydrogens is 722 g/mol. The van der Waals surface area contributed by atoms with E-state index >= 15 is 0 Å². The minimum absolute atomic E-state index is 0.00257. The number of carbonyl (C=O) groups excluding carboxylic acids is 1. The quantitative estimate of drug-likeness (QED) is 0.0568. The number of pyridine rings is 1. The first-order valence-corrected chi connectivity index (χ1v) is 19.8. The van der Waals surface area contributed by atoms with E-state index in [9.17, 15) is 19.8 Å². The molecule has 0 saturated carbocycles. The highest BCUT2D eigenvalue weighted by Crippen LogP contribution is 2.37. The third-order valence-electron chi connectivity index (χ3n) is 10.7. The van der Waals surface area contributed by atoms with E-state index < -0.39 is 6.10 Å². The number of rotatable bonds is 19. The minimum Gasteiger partial charge on any atom is -0.506 e. The van der Waals surface area contributed by atoms with Gasteiger partial charge in [0.25, 0.3) is 0 Å². The van der Waals surface area contributed by atoms with Crippen LogP contribution in [-0.4, -0.2) is 71.5 Å². The van der Waals surface area contributed by atoms with Crippen LogP contribution in [0.4, 0.5) is 0 Å². The lowest BCUT2D eigenvalue weighted by atomic mass is 9.85. The topological polar surface area (TPSA) is 124 Å². The van der Waals surface area contributed by atoms with Crippen molar-refractivity contribution in [1.29, 1.82) is 0 Å². The molecule has 10 heteroatoms. The number of fused-ring (bicyclic) bond motifs is 4. The number of ether oxygens (including phenoxy) is 2. The Balaban J connectivity index is 0.879. The summed E-state index contributed by atoms with van der Waals surface area (Å²) in [5.41, 5.74) is 2.85. The molecule has 3 aliphatic heterocycles. The summed E-state index contributed by atoms with van der Waals surface area (Å²) in [6.07, 6.45) is 9.54. The summed E-state index contributed by atoms with van der Waals surface area (Å²) in [6.45, 7) is 4.96. The summed E-state index contributed by atoms with van der Waals surface area (Å²) in [4.78, 5) is 30.0. The number of piperidine rings is 3. The summed E-state index contributed by atoms with van der Waals surface area (Å²) in [7, 11) is 0. The lowest BCUT2D eigenvalue weighted by molar-refractivity contribution is -0.159. The van der Waals surface area contributed by atoms with Crippen LogP contribution in [0.15, 0.2) is 82.1 Å². The summed E-state index contributed by atoms with van der Waals surface area (Å²) < 4.78 is 13.3. The predicted molar refractivity (Wildman–Crippen MR) is 208 cm³/mol. The zero-order valence-electron chi connectivity index (χ0n) is 29.9. The van der Waals surface area contributed by atoms with Gasteiger partial charge in [0.05, 0.1) is 24.6 Å². The fourth-order valence-electron chi connectivity index (χ4n) is 7.72. The second-order valence-electron chi connectivity index (χ2n) is 14.3. The first-order valence-electron chi connectivity index (χ1n) is 19.0. The number of aliphatic hydroxyl groups is 1. The number of benzene rings is 3. The van der Waals surface area contributed by atoms with Crippen molar-refractivity contribution in [1.82, 2.24) is 15.2 Å². The van der Waals surface area contributed by atoms with Gasteiger partial charge in [0.2, 0.25) is 5.56 Å². The molecule has 278 valence electrons. The second-order valence-corrected chi connectivity index (χ2v) is 15.2. The number of aromatic nitrogens is 1. The number of esters is 1. The Hall–Kier alpha value is -3.70. The number of unbranched alkanes of at least 4 members (excludes halogenated alkanes) is 6. The number of halogens is 1. The van der Waals surface area contributed by atoms with Crippen LogP contribution in [0.2, 0.25) is 0 Å². The van der Waals surface area contributed by atoms with E-state index in [2.05, 4.69) is 49.3 Å². The average Bonchev–Trinajstić information content (AvgIpc) is 3.16. The highest BCUT2D eigenvalue weighted by Gasteiger charge is 2.37. The van der Waals surface area contributed by atoms with E-state index in [0.717, 1.165) is 92.5 Å². The molecule has 0 radical (unpaired) electrons. The maximum absolute atomic E-state index is 13.3. The van der Waals surface area contributed by atoms with Crippen molar-refractivity contribution >= 4 is 32.8 Å². The average molecular weight is 775 g/mol. The van der Waals surface area contributed by atoms with Gasteiger partial charge in [0.1, 0.15) is 17.6 Å². The molecule has 3 aromatic carbocycles. The highest BCUT2D eigenvalue weighted by molar-refractivity contribution is 9.10. The number of hydrogen-bond acceptors (Lipinski definition) is 8. The molecule has 1 aromatic heterocycles. The number of H-pyrrole nitrogens is 1. The van der Waals surface area contributed by atoms with Gasteiger partial charge in [-0.2, -0.15) is 0 Å². The first kappa shape index (κ1) is 38.0. The second kappa shape index (κ2) is 18.9. The van der Waals surface area contributed by atoms with Crippen LogP contribution in [-0.2, 0) is 9.53 Å². The van der Waals surface area contributed by atoms with E-state index in [4.69, 9.17) is 9.47 Å². The number of aromatic hydroxyl groups is 1. The van der Waals surface area contributed by atoms with Crippen molar-refractivity contribution in [3.05, 3.63) is 104 Å². The van der Waals surface area contributed by atoms with Crippen LogP contribution in [0.25, 0.3) is 10.9 Å². The normalized spacial score (nSPS) is 19.4. The number of aliphatic hydroxyl groups excluding tert-OH is 1. The Morgan fingerprint density at radius 1 is 0.923 bits per heavy atom. The first-order chi connectivity index (χ1) is 25.4. The minimum atomic E-state index is -0.742. The molecule has 0 spiro atoms. The molecule has 3 fully saturated rings. The van der Waals surface area contributed by atoms with Gasteiger partial charge in [-0.15, -0.1) is 0 Å². The highest BCUT2D eigenvalue weighted by atomic mass is 79.9. The van der Waals surface area contributed by atoms with Crippen LogP contribution >= 0.6 is 15.9 Å². The molecule has 4 heterocycles. The Morgan fingerprint density at radius 2 is 1.67 bits per heavy atom. The van der Waals surface area contributed by atoms with Crippen molar-refractivity contribution in [3.8, 4) is 11.5 Å². The van der Waals surface area contributed by atoms with Crippen molar-refractivity contribution in [2.75, 3.05) is 39.3 Å². The van der Waals surface area contributed by atoms with Gasteiger partial charge in [-0.3, -0.25) is 14.5 Å². The fraction of sp³-hybridized carbons (Fsp3) is 0.476. The number of carbonyl (C=O) groups is 1. The molecule has 3 atom stereocenters. The Bertz CT molecular complexity index is 1810. The number of hydrogen-bond donors (Lipinski definition) is 4. The van der Waals surface area contributed by atoms with Crippen molar-refractivity contribution in [2.45, 2.75) is 82.3 Å². The van der Waals surface area contributed by atoms with Gasteiger partial charge in [-0.05, 0) is 98.3 Å². The van der Waals surface area contributed by atoms with Gasteiger partial charge in [0.15, 0.2) is 0 Å². The van der Waals surface area contributed by atoms with Crippen LogP contribution < -0.4 is 15.6 Å². The van der Waals surface area contributed by atoms with Crippen LogP contribution in [0, 0.1) is 5.92 Å². The summed E-state index contributed by atoms with van der Waals surface area (Å²) >= 11 is 3.76. The van der Waals surface area contributed by atoms with E-state index in [1.165, 1.54) is 25.0 Å². The Labute approximate surface area is 314 Å². The van der Waals surface area contributed by atoms with E-state index in [0.29, 0.717) is 35.5 Å². The molecule has 4 N–H and O–H groups in total. The molecule has 9 nitrogen and oxygen atoms in total. The summed E-state index contributed by atoms with van der Waals surface area (Å²) in [5, 5.41) is 24.8. The lowest BCUT2D eigenvalue weighted by Crippen LogP contribution is -2.52. The Kier molecular flexibility index (Phi) is 13.8. The van der Waals surface area contributed by atoms with Gasteiger partial charge in [-0.25, -0.2) is 0 Å². The number of nitrogens with zero attached hydrogens (tertiary/aromatic N) is 1. The van der Waals surface area contributed by atoms with E-state index in [-0.39, 0.29) is 35.7 Å². The third kappa shape index (κ3) is 10.2. The molecule has 0 aliphatic carbocycles. The smallest absolute Gasteiger partial charge is 0.307 e. The lowest BCUT2D eigenvalue weighted by Gasteiger charge is -2.44. The number of aromatic amines is 1. The van der Waals surface area contributed by atoms with Gasteiger partial charge in [0, 0.05) is 34.9 Å². The third-order valence-corrected chi connectivity index (χ3v) is 11.4. The van der Waals surface area contributed by atoms with Crippen LogP contribution in [0.3, 0.4) is 0 Å². The predicted octanol–water partition coefficient (Wildman–Crippen LogP) is 7.59. The fourth-order valence-corrected chi connectivity index (χ4v) is 8.25. The van der Waals surface area contributed by atoms with Gasteiger partial charge < -0.3 is 30.0 Å².